The molecule has 0 aliphatic heterocycles. The molecule has 0 saturated carbocycles. The Morgan fingerprint density at radius 2 is 0.825 bits per heavy atom. The van der Waals surface area contributed by atoms with E-state index >= 15 is 0 Å². The molecule has 0 N–H and O–H groups in total. The van der Waals surface area contributed by atoms with E-state index in [-0.39, 0.29) is 0 Å². The summed E-state index contributed by atoms with van der Waals surface area (Å²) in [5, 5.41) is 6.93. The molecule has 13 aromatic rings. The maximum Gasteiger partial charge on any atom is 0.164 e. The lowest BCUT2D eigenvalue weighted by atomic mass is 10.0. The molecule has 4 heterocycles. The third-order valence-corrected chi connectivity index (χ3v) is 12.4. The molecule has 0 atom stereocenters. The van der Waals surface area contributed by atoms with Gasteiger partial charge in [0.05, 0.1) is 22.1 Å². The van der Waals surface area contributed by atoms with Crippen LogP contribution in [-0.2, 0) is 0 Å². The Kier molecular flexibility index (Phi) is 7.80. The second-order valence-electron chi connectivity index (χ2n) is 16.0. The standard InChI is InChI=1S/C57H35N5O/c1-4-15-36(16-5-1)39-27-29-44-43-23-10-12-25-47(43)62(50(44)34-39)42-28-30-46-52(35-42)63-51-32-31-49-53(54(46)51)45-24-11-13-26-48(45)61(49)41-22-14-21-40(33-41)57-59-55(37-17-6-2-7-18-37)58-56(60-57)38-19-8-3-9-20-38/h1-35H. The van der Waals surface area contributed by atoms with E-state index in [9.17, 15) is 0 Å². The van der Waals surface area contributed by atoms with Crippen LogP contribution in [0.3, 0.4) is 0 Å². The summed E-state index contributed by atoms with van der Waals surface area (Å²) < 4.78 is 11.5. The third kappa shape index (κ3) is 5.62. The predicted octanol–water partition coefficient (Wildman–Crippen LogP) is 14.6. The van der Waals surface area contributed by atoms with Gasteiger partial charge in [0.1, 0.15) is 11.2 Å². The van der Waals surface area contributed by atoms with Crippen molar-refractivity contribution in [3.05, 3.63) is 212 Å². The van der Waals surface area contributed by atoms with E-state index in [0.29, 0.717) is 17.5 Å². The molecule has 0 aliphatic carbocycles. The Labute approximate surface area is 361 Å². The zero-order valence-electron chi connectivity index (χ0n) is 33.9. The molecule has 4 aromatic heterocycles. The van der Waals surface area contributed by atoms with Crippen LogP contribution in [0, 0.1) is 0 Å². The van der Waals surface area contributed by atoms with E-state index in [0.717, 1.165) is 82.8 Å². The molecule has 6 nitrogen and oxygen atoms in total. The molecular weight excluding hydrogens is 771 g/mol. The zero-order valence-corrected chi connectivity index (χ0v) is 33.9. The van der Waals surface area contributed by atoms with Crippen molar-refractivity contribution in [1.29, 1.82) is 0 Å². The SMILES string of the molecule is c1ccc(-c2ccc3c4ccccc4n(-c4ccc5c(c4)oc4ccc6c(c7ccccc7n6-c6cccc(-c7nc(-c8ccccc8)nc(-c8ccccc8)n7)c6)c45)c3c2)cc1. The van der Waals surface area contributed by atoms with Crippen molar-refractivity contribution >= 4 is 65.6 Å². The summed E-state index contributed by atoms with van der Waals surface area (Å²) >= 11 is 0. The number of aromatic nitrogens is 5. The zero-order chi connectivity index (χ0) is 41.4. The van der Waals surface area contributed by atoms with Gasteiger partial charge in [-0.05, 0) is 65.7 Å². The number of fused-ring (bicyclic) bond motifs is 10. The molecule has 0 amide bonds. The number of para-hydroxylation sites is 2. The summed E-state index contributed by atoms with van der Waals surface area (Å²) in [4.78, 5) is 15.0. The maximum absolute atomic E-state index is 6.81. The molecule has 0 unspecified atom stereocenters. The Morgan fingerprint density at radius 1 is 0.286 bits per heavy atom. The molecule has 0 saturated heterocycles. The fraction of sp³-hybridized carbons (Fsp3) is 0. The van der Waals surface area contributed by atoms with Crippen molar-refractivity contribution in [1.82, 2.24) is 24.1 Å². The molecule has 63 heavy (non-hydrogen) atoms. The number of furan rings is 1. The second kappa shape index (κ2) is 14.0. The van der Waals surface area contributed by atoms with Crippen LogP contribution in [0.2, 0.25) is 0 Å². The van der Waals surface area contributed by atoms with Crippen LogP contribution in [0.25, 0.3) is 122 Å². The average Bonchev–Trinajstić information content (AvgIpc) is 4.01. The van der Waals surface area contributed by atoms with Crippen LogP contribution < -0.4 is 0 Å². The van der Waals surface area contributed by atoms with Gasteiger partial charge in [-0.15, -0.1) is 0 Å². The largest absolute Gasteiger partial charge is 0.456 e. The number of hydrogen-bond donors (Lipinski definition) is 0. The summed E-state index contributed by atoms with van der Waals surface area (Å²) in [6.07, 6.45) is 0. The van der Waals surface area contributed by atoms with Crippen molar-refractivity contribution in [2.45, 2.75) is 0 Å². The summed E-state index contributed by atoms with van der Waals surface area (Å²) in [7, 11) is 0. The highest BCUT2D eigenvalue weighted by Gasteiger charge is 2.21. The summed E-state index contributed by atoms with van der Waals surface area (Å²) in [5.41, 5.74) is 13.4. The third-order valence-electron chi connectivity index (χ3n) is 12.4. The average molecular weight is 806 g/mol. The van der Waals surface area contributed by atoms with Crippen molar-refractivity contribution < 1.29 is 4.42 Å². The highest BCUT2D eigenvalue weighted by Crippen LogP contribution is 2.43. The van der Waals surface area contributed by atoms with Crippen LogP contribution in [0.5, 0.6) is 0 Å². The van der Waals surface area contributed by atoms with E-state index in [1.165, 1.54) is 21.9 Å². The minimum atomic E-state index is 0.615. The van der Waals surface area contributed by atoms with Crippen molar-refractivity contribution in [3.8, 4) is 56.7 Å². The van der Waals surface area contributed by atoms with Gasteiger partial charge in [-0.1, -0.05) is 152 Å². The van der Waals surface area contributed by atoms with Crippen molar-refractivity contribution in [2.24, 2.45) is 0 Å². The molecule has 0 aliphatic rings. The fourth-order valence-electron chi connectivity index (χ4n) is 9.51. The Morgan fingerprint density at radius 3 is 1.54 bits per heavy atom. The van der Waals surface area contributed by atoms with Gasteiger partial charge in [-0.25, -0.2) is 15.0 Å². The quantitative estimate of drug-likeness (QED) is 0.168. The Hall–Kier alpha value is -8.61. The van der Waals surface area contributed by atoms with Gasteiger partial charge in [-0.2, -0.15) is 0 Å². The molecule has 9 aromatic carbocycles. The van der Waals surface area contributed by atoms with Crippen molar-refractivity contribution in [3.63, 3.8) is 0 Å². The molecule has 6 heteroatoms. The summed E-state index contributed by atoms with van der Waals surface area (Å²) in [6, 6.07) is 74.4. The van der Waals surface area contributed by atoms with Crippen LogP contribution in [-0.4, -0.2) is 24.1 Å². The van der Waals surface area contributed by atoms with E-state index in [1.54, 1.807) is 0 Å². The smallest absolute Gasteiger partial charge is 0.164 e. The maximum atomic E-state index is 6.81. The molecule has 13 rings (SSSR count). The van der Waals surface area contributed by atoms with E-state index in [4.69, 9.17) is 19.4 Å². The molecule has 294 valence electrons. The topological polar surface area (TPSA) is 61.7 Å². The van der Waals surface area contributed by atoms with Gasteiger partial charge < -0.3 is 13.6 Å². The van der Waals surface area contributed by atoms with Gasteiger partial charge in [0.2, 0.25) is 0 Å². The number of rotatable bonds is 6. The first-order valence-electron chi connectivity index (χ1n) is 21.2. The van der Waals surface area contributed by atoms with Gasteiger partial charge in [0.15, 0.2) is 17.5 Å². The van der Waals surface area contributed by atoms with Crippen LogP contribution in [0.1, 0.15) is 0 Å². The Balaban J connectivity index is 0.981. The van der Waals surface area contributed by atoms with Gasteiger partial charge in [-0.3, -0.25) is 0 Å². The fourth-order valence-corrected chi connectivity index (χ4v) is 9.51. The number of nitrogens with zero attached hydrogens (tertiary/aromatic N) is 5. The minimum absolute atomic E-state index is 0.615. The summed E-state index contributed by atoms with van der Waals surface area (Å²) in [6.45, 7) is 0. The lowest BCUT2D eigenvalue weighted by Crippen LogP contribution is -2.01. The highest BCUT2D eigenvalue weighted by molar-refractivity contribution is 6.27. The lowest BCUT2D eigenvalue weighted by Gasteiger charge is -2.11. The predicted molar refractivity (Wildman–Crippen MR) is 258 cm³/mol. The Bertz CT molecular complexity index is 3850. The molecule has 0 spiro atoms. The second-order valence-corrected chi connectivity index (χ2v) is 16.0. The van der Waals surface area contributed by atoms with Gasteiger partial charge in [0, 0.05) is 66.4 Å². The van der Waals surface area contributed by atoms with Gasteiger partial charge >= 0.3 is 0 Å². The highest BCUT2D eigenvalue weighted by atomic mass is 16.3. The first-order chi connectivity index (χ1) is 31.2. The van der Waals surface area contributed by atoms with Crippen LogP contribution >= 0.6 is 0 Å². The first-order valence-corrected chi connectivity index (χ1v) is 21.2. The first kappa shape index (κ1) is 35.2. The summed E-state index contributed by atoms with van der Waals surface area (Å²) in [5.74, 6) is 1.88. The van der Waals surface area contributed by atoms with Crippen molar-refractivity contribution in [2.75, 3.05) is 0 Å². The normalized spacial score (nSPS) is 11.8. The van der Waals surface area contributed by atoms with Gasteiger partial charge in [0.25, 0.3) is 0 Å². The monoisotopic (exact) mass is 805 g/mol. The van der Waals surface area contributed by atoms with E-state index in [1.807, 2.05) is 60.7 Å². The lowest BCUT2D eigenvalue weighted by molar-refractivity contribution is 0.669. The van der Waals surface area contributed by atoms with Crippen LogP contribution in [0.4, 0.5) is 0 Å². The minimum Gasteiger partial charge on any atom is -0.456 e. The molecule has 0 radical (unpaired) electrons. The van der Waals surface area contributed by atoms with Crippen LogP contribution in [0.15, 0.2) is 217 Å². The molecular formula is C57H35N5O. The van der Waals surface area contributed by atoms with E-state index in [2.05, 4.69) is 161 Å². The number of benzene rings is 9. The molecule has 0 bridgehead atoms. The number of hydrogen-bond acceptors (Lipinski definition) is 4. The molecule has 0 fully saturated rings. The van der Waals surface area contributed by atoms with E-state index < -0.39 is 0 Å².